The first-order valence-corrected chi connectivity index (χ1v) is 6.39. The van der Waals surface area contributed by atoms with E-state index in [0.717, 1.165) is 12.8 Å². The normalized spacial score (nSPS) is 13.4. The van der Waals surface area contributed by atoms with E-state index in [-0.39, 0.29) is 11.8 Å². The molecule has 0 saturated carbocycles. The van der Waals surface area contributed by atoms with Gasteiger partial charge in [0.05, 0.1) is 6.42 Å². The van der Waals surface area contributed by atoms with Crippen molar-refractivity contribution in [3.05, 3.63) is 0 Å². The number of rotatable bonds is 8. The Labute approximate surface area is 100 Å². The van der Waals surface area contributed by atoms with E-state index in [0.29, 0.717) is 5.75 Å². The predicted molar refractivity (Wildman–Crippen MR) is 64.8 cm³/mol. The molecule has 94 valence electrons. The lowest BCUT2D eigenvalue weighted by molar-refractivity contribution is -0.142. The Balaban J connectivity index is 4.04. The van der Waals surface area contributed by atoms with Gasteiger partial charge in [-0.3, -0.25) is 9.59 Å². The van der Waals surface area contributed by atoms with E-state index < -0.39 is 17.2 Å². The van der Waals surface area contributed by atoms with Gasteiger partial charge in [-0.2, -0.15) is 0 Å². The molecule has 0 bridgehead atoms. The van der Waals surface area contributed by atoms with Crippen LogP contribution in [0, 0.1) is 5.41 Å². The molecule has 0 aliphatic carbocycles. The van der Waals surface area contributed by atoms with Crippen LogP contribution in [0.4, 0.5) is 0 Å². The van der Waals surface area contributed by atoms with Gasteiger partial charge < -0.3 is 10.2 Å². The summed E-state index contributed by atoms with van der Waals surface area (Å²) in [5, 5.41) is 16.6. The van der Waals surface area contributed by atoms with Crippen molar-refractivity contribution in [1.29, 1.82) is 0 Å². The van der Waals surface area contributed by atoms with E-state index in [1.165, 1.54) is 11.8 Å². The largest absolute Gasteiger partial charge is 0.481 e. The maximum Gasteiger partial charge on any atom is 0.317 e. The zero-order valence-electron chi connectivity index (χ0n) is 10.0. The molecule has 0 rings (SSSR count). The average molecular weight is 248 g/mol. The van der Waals surface area contributed by atoms with Gasteiger partial charge in [-0.15, -0.1) is 11.8 Å². The molecular formula is C11H20O4S. The smallest absolute Gasteiger partial charge is 0.317 e. The van der Waals surface area contributed by atoms with Crippen molar-refractivity contribution in [2.45, 2.75) is 45.3 Å². The molecule has 1 atom stereocenters. The SMILES string of the molecule is CCC(C)(C)CCSC(CC(=O)O)C(=O)O. The van der Waals surface area contributed by atoms with Crippen LogP contribution in [0.5, 0.6) is 0 Å². The van der Waals surface area contributed by atoms with Crippen LogP contribution >= 0.6 is 11.8 Å². The number of hydrogen-bond acceptors (Lipinski definition) is 3. The quantitative estimate of drug-likeness (QED) is 0.690. The van der Waals surface area contributed by atoms with Crippen molar-refractivity contribution in [3.63, 3.8) is 0 Å². The molecule has 0 aliphatic rings. The van der Waals surface area contributed by atoms with Crippen molar-refractivity contribution >= 4 is 23.7 Å². The molecule has 4 nitrogen and oxygen atoms in total. The van der Waals surface area contributed by atoms with Crippen LogP contribution < -0.4 is 0 Å². The summed E-state index contributed by atoms with van der Waals surface area (Å²) >= 11 is 1.22. The molecule has 0 saturated heterocycles. The van der Waals surface area contributed by atoms with E-state index >= 15 is 0 Å². The van der Waals surface area contributed by atoms with Gasteiger partial charge in [-0.1, -0.05) is 27.2 Å². The Morgan fingerprint density at radius 2 is 1.88 bits per heavy atom. The third kappa shape index (κ3) is 6.71. The van der Waals surface area contributed by atoms with Crippen LogP contribution in [0.25, 0.3) is 0 Å². The highest BCUT2D eigenvalue weighted by Crippen LogP contribution is 2.28. The van der Waals surface area contributed by atoms with Crippen molar-refractivity contribution in [2.24, 2.45) is 5.41 Å². The fourth-order valence-corrected chi connectivity index (χ4v) is 2.39. The molecule has 0 aliphatic heterocycles. The van der Waals surface area contributed by atoms with Crippen LogP contribution in [-0.2, 0) is 9.59 Å². The maximum absolute atomic E-state index is 10.8. The van der Waals surface area contributed by atoms with Crippen molar-refractivity contribution in [1.82, 2.24) is 0 Å². The zero-order chi connectivity index (χ0) is 12.8. The minimum absolute atomic E-state index is 0.194. The van der Waals surface area contributed by atoms with E-state index in [4.69, 9.17) is 10.2 Å². The summed E-state index contributed by atoms with van der Waals surface area (Å²) < 4.78 is 0. The van der Waals surface area contributed by atoms with Crippen LogP contribution in [0.2, 0.25) is 0 Å². The zero-order valence-corrected chi connectivity index (χ0v) is 10.8. The Kier molecular flexibility index (Phi) is 6.48. The van der Waals surface area contributed by atoms with E-state index in [1.807, 2.05) is 0 Å². The van der Waals surface area contributed by atoms with Gasteiger partial charge in [0.1, 0.15) is 5.25 Å². The molecule has 0 aromatic heterocycles. The lowest BCUT2D eigenvalue weighted by atomic mass is 9.87. The maximum atomic E-state index is 10.8. The molecule has 0 radical (unpaired) electrons. The second-order valence-corrected chi connectivity index (χ2v) is 5.87. The molecule has 0 aromatic carbocycles. The Morgan fingerprint density at radius 3 is 2.25 bits per heavy atom. The van der Waals surface area contributed by atoms with E-state index in [1.54, 1.807) is 0 Å². The van der Waals surface area contributed by atoms with Gasteiger partial charge in [-0.25, -0.2) is 0 Å². The van der Waals surface area contributed by atoms with Gasteiger partial charge in [0.2, 0.25) is 0 Å². The summed E-state index contributed by atoms with van der Waals surface area (Å²) in [6.45, 7) is 6.34. The highest BCUT2D eigenvalue weighted by Gasteiger charge is 2.23. The highest BCUT2D eigenvalue weighted by atomic mass is 32.2. The highest BCUT2D eigenvalue weighted by molar-refractivity contribution is 8.00. The van der Waals surface area contributed by atoms with Crippen molar-refractivity contribution in [2.75, 3.05) is 5.75 Å². The Bertz CT molecular complexity index is 250. The van der Waals surface area contributed by atoms with Gasteiger partial charge in [-0.05, 0) is 17.6 Å². The predicted octanol–water partition coefficient (Wildman–Crippen LogP) is 2.47. The number of hydrogen-bond donors (Lipinski definition) is 2. The lowest BCUT2D eigenvalue weighted by Gasteiger charge is -2.22. The van der Waals surface area contributed by atoms with Crippen LogP contribution in [0.15, 0.2) is 0 Å². The minimum atomic E-state index is -1.06. The summed E-state index contributed by atoms with van der Waals surface area (Å²) in [5.74, 6) is -1.41. The standard InChI is InChI=1S/C11H20O4S/c1-4-11(2,3)5-6-16-8(10(14)15)7-9(12)13/h8H,4-7H2,1-3H3,(H,12,13)(H,14,15). The third-order valence-electron chi connectivity index (χ3n) is 2.69. The third-order valence-corrected chi connectivity index (χ3v) is 3.90. The number of carbonyl (C=O) groups is 2. The molecule has 0 spiro atoms. The number of aliphatic carboxylic acids is 2. The molecule has 1 unspecified atom stereocenters. The molecule has 0 fully saturated rings. The van der Waals surface area contributed by atoms with Gasteiger partial charge in [0.15, 0.2) is 0 Å². The minimum Gasteiger partial charge on any atom is -0.481 e. The lowest BCUT2D eigenvalue weighted by Crippen LogP contribution is -2.21. The first kappa shape index (κ1) is 15.3. The molecular weight excluding hydrogens is 228 g/mol. The van der Waals surface area contributed by atoms with Gasteiger partial charge >= 0.3 is 11.9 Å². The molecule has 0 amide bonds. The average Bonchev–Trinajstić information content (AvgIpc) is 2.15. The molecule has 2 N–H and O–H groups in total. The number of thioether (sulfide) groups is 1. The van der Waals surface area contributed by atoms with E-state index in [2.05, 4.69) is 20.8 Å². The first-order chi connectivity index (χ1) is 7.28. The van der Waals surface area contributed by atoms with Crippen LogP contribution in [-0.4, -0.2) is 33.2 Å². The van der Waals surface area contributed by atoms with Crippen molar-refractivity contribution in [3.8, 4) is 0 Å². The second-order valence-electron chi connectivity index (χ2n) is 4.56. The van der Waals surface area contributed by atoms with E-state index in [9.17, 15) is 9.59 Å². The van der Waals surface area contributed by atoms with Gasteiger partial charge in [0.25, 0.3) is 0 Å². The Hall–Kier alpha value is -0.710. The summed E-state index contributed by atoms with van der Waals surface area (Å²) in [6.07, 6.45) is 1.62. The summed E-state index contributed by atoms with van der Waals surface area (Å²) in [5.41, 5.74) is 0.194. The topological polar surface area (TPSA) is 74.6 Å². The van der Waals surface area contributed by atoms with Crippen LogP contribution in [0.1, 0.15) is 40.0 Å². The number of carboxylic acid groups (broad SMARTS) is 2. The fraction of sp³-hybridized carbons (Fsp3) is 0.818. The molecule has 0 aromatic rings. The fourth-order valence-electron chi connectivity index (χ4n) is 1.03. The Morgan fingerprint density at radius 1 is 1.31 bits per heavy atom. The molecule has 0 heterocycles. The van der Waals surface area contributed by atoms with Gasteiger partial charge in [0, 0.05) is 0 Å². The monoisotopic (exact) mass is 248 g/mol. The summed E-state index contributed by atoms with van der Waals surface area (Å²) in [6, 6.07) is 0. The summed E-state index contributed by atoms with van der Waals surface area (Å²) in [4.78, 5) is 21.2. The van der Waals surface area contributed by atoms with Crippen molar-refractivity contribution < 1.29 is 19.8 Å². The molecule has 16 heavy (non-hydrogen) atoms. The first-order valence-electron chi connectivity index (χ1n) is 5.34. The number of carboxylic acids is 2. The van der Waals surface area contributed by atoms with Crippen LogP contribution in [0.3, 0.4) is 0 Å². The summed E-state index contributed by atoms with van der Waals surface area (Å²) in [7, 11) is 0. The molecule has 5 heteroatoms. The second kappa shape index (κ2) is 6.78.